The van der Waals surface area contributed by atoms with Gasteiger partial charge in [-0.3, -0.25) is 0 Å². The topological polar surface area (TPSA) is 89.5 Å². The minimum Gasteiger partial charge on any atom is -0.424 e. The van der Waals surface area contributed by atoms with Gasteiger partial charge in [0.05, 0.1) is 0 Å². The van der Waals surface area contributed by atoms with Gasteiger partial charge in [0.1, 0.15) is 34.8 Å². The number of carbonyl (C=O) groups is 2. The molecule has 4 unspecified atom stereocenters. The van der Waals surface area contributed by atoms with Crippen LogP contribution in [-0.4, -0.2) is 65.5 Å². The summed E-state index contributed by atoms with van der Waals surface area (Å²) < 4.78 is 58.9. The van der Waals surface area contributed by atoms with Gasteiger partial charge in [0.15, 0.2) is 18.0 Å². The Balaban J connectivity index is 0.000000402. The highest BCUT2D eigenvalue weighted by Crippen LogP contribution is 2.42. The molecule has 0 aromatic rings. The Kier molecular flexibility index (Phi) is 11.3. The van der Waals surface area contributed by atoms with Gasteiger partial charge in [0, 0.05) is 13.8 Å². The summed E-state index contributed by atoms with van der Waals surface area (Å²) in [6, 6.07) is 0. The summed E-state index contributed by atoms with van der Waals surface area (Å²) in [4.78, 5) is 22.1. The quantitative estimate of drug-likeness (QED) is 0.172. The highest BCUT2D eigenvalue weighted by Gasteiger charge is 2.48. The van der Waals surface area contributed by atoms with Gasteiger partial charge in [-0.2, -0.15) is 0 Å². The summed E-state index contributed by atoms with van der Waals surface area (Å²) in [7, 11) is -4.20. The van der Waals surface area contributed by atoms with E-state index in [1.807, 2.05) is 20.8 Å². The molecule has 0 radical (unpaired) electrons. The summed E-state index contributed by atoms with van der Waals surface area (Å²) in [6.45, 7) is 26.4. The monoisotopic (exact) mass is 606 g/mol. The van der Waals surface area contributed by atoms with Crippen LogP contribution < -0.4 is 0 Å². The molecule has 12 heteroatoms. The molecule has 2 heterocycles. The van der Waals surface area contributed by atoms with Gasteiger partial charge in [-0.15, -0.1) is 5.54 Å². The lowest BCUT2D eigenvalue weighted by molar-refractivity contribution is -0.183. The average molecular weight is 607 g/mol. The van der Waals surface area contributed by atoms with Crippen molar-refractivity contribution in [2.45, 2.75) is 129 Å². The van der Waals surface area contributed by atoms with E-state index in [-0.39, 0.29) is 16.7 Å². The van der Waals surface area contributed by atoms with E-state index in [4.69, 9.17) is 28.4 Å². The van der Waals surface area contributed by atoms with E-state index in [0.29, 0.717) is 0 Å². The standard InChI is InChI=1S/C14H24F2O4Si.C14H24O4Si/c1-9-14(5,20-12(17)19-9)18-8-10(15)11(16)21(6,7)13(2,3)4;1-11-14(5,18-12(15)17-11)16-9-8-10-19(6,7)13(2,3)4/h9H,8H2,1-7H3;11H,9H2,1-7H3/b11-10-;. The van der Waals surface area contributed by atoms with Crippen LogP contribution in [0.3, 0.4) is 0 Å². The summed E-state index contributed by atoms with van der Waals surface area (Å²) in [5, 5.41) is -0.102. The number of rotatable bonds is 6. The normalized spacial score (nSPS) is 27.7. The molecule has 2 fully saturated rings. The second kappa shape index (κ2) is 12.5. The fraction of sp³-hybridized carbons (Fsp3) is 0.786. The zero-order valence-electron chi connectivity index (χ0n) is 26.6. The van der Waals surface area contributed by atoms with Gasteiger partial charge in [-0.1, -0.05) is 73.7 Å². The van der Waals surface area contributed by atoms with Gasteiger partial charge in [0.2, 0.25) is 0 Å². The van der Waals surface area contributed by atoms with E-state index >= 15 is 0 Å². The second-order valence-corrected chi connectivity index (χ2v) is 23.8. The molecule has 8 nitrogen and oxygen atoms in total. The molecule has 4 atom stereocenters. The highest BCUT2D eigenvalue weighted by molar-refractivity contribution is 6.87. The number of carbonyl (C=O) groups excluding carboxylic acids is 2. The number of ether oxygens (including phenoxy) is 6. The minimum atomic E-state index is -2.58. The van der Waals surface area contributed by atoms with Gasteiger partial charge >= 0.3 is 12.3 Å². The molecule has 2 aliphatic heterocycles. The van der Waals surface area contributed by atoms with E-state index < -0.39 is 70.1 Å². The molecule has 0 bridgehead atoms. The van der Waals surface area contributed by atoms with Crippen molar-refractivity contribution in [1.82, 2.24) is 0 Å². The van der Waals surface area contributed by atoms with Crippen molar-refractivity contribution < 1.29 is 46.8 Å². The fourth-order valence-corrected chi connectivity index (χ4v) is 5.20. The summed E-state index contributed by atoms with van der Waals surface area (Å²) in [5.74, 6) is -0.313. The van der Waals surface area contributed by atoms with Gasteiger partial charge in [-0.25, -0.2) is 18.4 Å². The number of cyclic esters (lactones) is 4. The Labute approximate surface area is 240 Å². The lowest BCUT2D eigenvalue weighted by Gasteiger charge is -2.35. The van der Waals surface area contributed by atoms with E-state index in [2.05, 4.69) is 45.3 Å². The third-order valence-corrected chi connectivity index (χ3v) is 18.1. The second-order valence-electron chi connectivity index (χ2n) is 13.6. The predicted octanol–water partition coefficient (Wildman–Crippen LogP) is 7.80. The van der Waals surface area contributed by atoms with Crippen molar-refractivity contribution in [3.05, 3.63) is 11.3 Å². The lowest BCUT2D eigenvalue weighted by Crippen LogP contribution is -2.40. The van der Waals surface area contributed by atoms with Crippen molar-refractivity contribution >= 4 is 28.5 Å². The van der Waals surface area contributed by atoms with Crippen LogP contribution in [-0.2, 0) is 28.4 Å². The Morgan fingerprint density at radius 3 is 1.62 bits per heavy atom. The summed E-state index contributed by atoms with van der Waals surface area (Å²) in [6.07, 6.45) is -2.67. The molecule has 40 heavy (non-hydrogen) atoms. The third-order valence-electron chi connectivity index (χ3n) is 8.45. The van der Waals surface area contributed by atoms with Crippen molar-refractivity contribution in [3.8, 4) is 11.5 Å². The highest BCUT2D eigenvalue weighted by atomic mass is 28.3. The smallest absolute Gasteiger partial charge is 0.424 e. The SMILES string of the molecule is CC1OC(=O)OC1(C)OC/C(F)=C(\F)[Si](C)(C)C(C)(C)C.CC1OC(=O)OC1(C)OCC#C[Si](C)(C)C(C)(C)C. The van der Waals surface area contributed by atoms with Crippen LogP contribution in [0.1, 0.15) is 69.2 Å². The first kappa shape index (κ1) is 36.1. The fourth-order valence-electron chi connectivity index (χ4n) is 2.90. The first-order valence-electron chi connectivity index (χ1n) is 13.4. The van der Waals surface area contributed by atoms with E-state index in [1.54, 1.807) is 33.9 Å². The largest absolute Gasteiger partial charge is 0.511 e. The average Bonchev–Trinajstić information content (AvgIpc) is 3.19. The first-order valence-corrected chi connectivity index (χ1v) is 19.4. The Morgan fingerprint density at radius 1 is 0.850 bits per heavy atom. The van der Waals surface area contributed by atoms with Crippen molar-refractivity contribution in [2.75, 3.05) is 13.2 Å². The molecule has 0 aromatic carbocycles. The maximum Gasteiger partial charge on any atom is 0.511 e. The van der Waals surface area contributed by atoms with Crippen LogP contribution >= 0.6 is 0 Å². The van der Waals surface area contributed by atoms with Crippen LogP contribution in [0.25, 0.3) is 0 Å². The molecule has 0 aromatic heterocycles. The Morgan fingerprint density at radius 2 is 1.27 bits per heavy atom. The minimum absolute atomic E-state index is 0.222. The molecule has 230 valence electrons. The van der Waals surface area contributed by atoms with Crippen LogP contribution in [0.15, 0.2) is 11.3 Å². The Bertz CT molecular complexity index is 1040. The third kappa shape index (κ3) is 8.77. The number of halogens is 2. The molecular weight excluding hydrogens is 558 g/mol. The predicted molar refractivity (Wildman–Crippen MR) is 154 cm³/mol. The van der Waals surface area contributed by atoms with E-state index in [0.717, 1.165) is 0 Å². The molecule has 2 rings (SSSR count). The van der Waals surface area contributed by atoms with Gasteiger partial charge < -0.3 is 28.4 Å². The maximum atomic E-state index is 14.4. The van der Waals surface area contributed by atoms with Crippen molar-refractivity contribution in [2.24, 2.45) is 0 Å². The number of hydrogen-bond acceptors (Lipinski definition) is 8. The van der Waals surface area contributed by atoms with E-state index in [1.165, 1.54) is 6.92 Å². The van der Waals surface area contributed by atoms with Crippen LogP contribution in [0, 0.1) is 11.5 Å². The molecular formula is C28H48F2O8Si2. The summed E-state index contributed by atoms with van der Waals surface area (Å²) >= 11 is 0. The summed E-state index contributed by atoms with van der Waals surface area (Å²) in [5.41, 5.74) is 2.62. The van der Waals surface area contributed by atoms with E-state index in [9.17, 15) is 18.4 Å². The number of hydrogen-bond donors (Lipinski definition) is 0. The molecule has 2 saturated heterocycles. The van der Waals surface area contributed by atoms with Gasteiger partial charge in [0.25, 0.3) is 11.6 Å². The van der Waals surface area contributed by atoms with Crippen molar-refractivity contribution in [1.29, 1.82) is 0 Å². The van der Waals surface area contributed by atoms with Crippen LogP contribution in [0.2, 0.25) is 36.3 Å². The first-order chi connectivity index (χ1) is 17.8. The molecule has 2 aliphatic rings. The molecule has 0 N–H and O–H groups in total. The molecule has 0 spiro atoms. The van der Waals surface area contributed by atoms with Gasteiger partial charge in [-0.05, 0) is 23.9 Å². The molecule has 0 amide bonds. The zero-order chi connectivity index (χ0) is 31.5. The Hall–Kier alpha value is -1.95. The van der Waals surface area contributed by atoms with Crippen LogP contribution in [0.5, 0.6) is 0 Å². The maximum absolute atomic E-state index is 14.4. The van der Waals surface area contributed by atoms with Crippen LogP contribution in [0.4, 0.5) is 18.4 Å². The lowest BCUT2D eigenvalue weighted by atomic mass is 10.2. The zero-order valence-corrected chi connectivity index (χ0v) is 28.6. The molecule has 0 aliphatic carbocycles. The van der Waals surface area contributed by atoms with Crippen molar-refractivity contribution in [3.63, 3.8) is 0 Å². The molecule has 0 saturated carbocycles.